The Morgan fingerprint density at radius 1 is 1.06 bits per heavy atom. The monoisotopic (exact) mass is 450 g/mol. The van der Waals surface area contributed by atoms with E-state index in [2.05, 4.69) is 21.1 Å². The first-order chi connectivity index (χ1) is 16.2. The van der Waals surface area contributed by atoms with Crippen LogP contribution in [0, 0.1) is 17.2 Å². The van der Waals surface area contributed by atoms with Gasteiger partial charge in [0.15, 0.2) is 6.29 Å². The molecule has 1 atom stereocenters. The van der Waals surface area contributed by atoms with Crippen molar-refractivity contribution in [3.05, 3.63) is 24.3 Å². The van der Waals surface area contributed by atoms with Gasteiger partial charge >= 0.3 is 0 Å². The molecule has 2 aromatic rings. The van der Waals surface area contributed by atoms with Crippen molar-refractivity contribution in [3.8, 4) is 17.3 Å². The predicted octanol–water partition coefficient (Wildman–Crippen LogP) is -1.02. The highest BCUT2D eigenvalue weighted by molar-refractivity contribution is 6.68. The van der Waals surface area contributed by atoms with Crippen LogP contribution in [-0.2, 0) is 15.9 Å². The van der Waals surface area contributed by atoms with Crippen LogP contribution in [-0.4, -0.2) is 103 Å². The standard InChI is InChI=1S/C19H18B8N6O2/c1-34-12(35-2)5-10-13(30-8-31-15(10)29)9-6-32-33(7-9)11(3-4-28)14-16(20,21)18(24,25)19(26,27)17(14,22)23/h6-8,11-12,14H,3,5H2,1-2H3,(H2,29,30,31)/t11-/m1/s1. The fraction of sp³-hybridized carbons (Fsp3) is 0.579. The summed E-state index contributed by atoms with van der Waals surface area (Å²) in [4.78, 5) is 8.41. The van der Waals surface area contributed by atoms with Crippen LogP contribution in [0.25, 0.3) is 11.3 Å². The molecule has 0 saturated heterocycles. The van der Waals surface area contributed by atoms with Gasteiger partial charge in [0.1, 0.15) is 12.1 Å². The van der Waals surface area contributed by atoms with E-state index in [0.717, 1.165) is 0 Å². The van der Waals surface area contributed by atoms with E-state index in [1.807, 2.05) is 0 Å². The second-order valence-electron chi connectivity index (χ2n) is 8.91. The number of anilines is 1. The van der Waals surface area contributed by atoms with Gasteiger partial charge in [-0.1, -0.05) is 0 Å². The average molecular weight is 449 g/mol. The van der Waals surface area contributed by atoms with Gasteiger partial charge in [0, 0.05) is 38.0 Å². The molecule has 16 heteroatoms. The van der Waals surface area contributed by atoms with E-state index in [1.165, 1.54) is 31.4 Å². The molecule has 0 bridgehead atoms. The lowest BCUT2D eigenvalue weighted by atomic mass is 9.17. The molecule has 3 rings (SSSR count). The third kappa shape index (κ3) is 4.19. The highest BCUT2D eigenvalue weighted by Gasteiger charge is 2.65. The van der Waals surface area contributed by atoms with Crippen molar-refractivity contribution in [3.63, 3.8) is 0 Å². The molecule has 2 aromatic heterocycles. The molecule has 1 aliphatic carbocycles. The Morgan fingerprint density at radius 2 is 1.63 bits per heavy atom. The van der Waals surface area contributed by atoms with E-state index in [1.54, 1.807) is 6.20 Å². The molecule has 0 spiro atoms. The Labute approximate surface area is 216 Å². The number of hydrogen-bond donors (Lipinski definition) is 1. The lowest BCUT2D eigenvalue weighted by molar-refractivity contribution is -0.100. The molecule has 0 unspecified atom stereocenters. The van der Waals surface area contributed by atoms with Gasteiger partial charge in [-0.15, -0.1) is 20.9 Å². The van der Waals surface area contributed by atoms with Gasteiger partial charge in [0.05, 0.1) is 93.2 Å². The molecule has 160 valence electrons. The third-order valence-electron chi connectivity index (χ3n) is 6.92. The van der Waals surface area contributed by atoms with Crippen molar-refractivity contribution in [1.29, 1.82) is 5.26 Å². The molecule has 35 heavy (non-hydrogen) atoms. The minimum absolute atomic E-state index is 0.168. The minimum Gasteiger partial charge on any atom is -0.383 e. The van der Waals surface area contributed by atoms with E-state index in [4.69, 9.17) is 78.0 Å². The summed E-state index contributed by atoms with van der Waals surface area (Å²) in [6.07, 6.45) is 3.94. The van der Waals surface area contributed by atoms with Crippen LogP contribution in [0.4, 0.5) is 5.82 Å². The summed E-state index contributed by atoms with van der Waals surface area (Å²) in [5, 5.41) is 5.80. The number of nitrogen functional groups attached to an aromatic ring is 1. The maximum atomic E-state index is 9.57. The highest BCUT2D eigenvalue weighted by atomic mass is 16.7. The number of nitrogens with zero attached hydrogens (tertiary/aromatic N) is 5. The number of aromatic nitrogens is 4. The lowest BCUT2D eigenvalue weighted by Gasteiger charge is -2.51. The van der Waals surface area contributed by atoms with Crippen molar-refractivity contribution in [2.24, 2.45) is 5.92 Å². The summed E-state index contributed by atoms with van der Waals surface area (Å²) < 4.78 is 12.0. The zero-order chi connectivity index (χ0) is 26.4. The molecule has 1 aliphatic rings. The van der Waals surface area contributed by atoms with Crippen LogP contribution >= 0.6 is 0 Å². The van der Waals surface area contributed by atoms with Crippen LogP contribution in [0.1, 0.15) is 18.0 Å². The molecule has 2 heterocycles. The number of nitrogens with two attached hydrogens (primary N) is 1. The summed E-state index contributed by atoms with van der Waals surface area (Å²) in [7, 11) is 53.1. The summed E-state index contributed by atoms with van der Waals surface area (Å²) in [5.41, 5.74) is 7.69. The zero-order valence-corrected chi connectivity index (χ0v) is 19.6. The van der Waals surface area contributed by atoms with Crippen LogP contribution in [0.5, 0.6) is 0 Å². The van der Waals surface area contributed by atoms with Gasteiger partial charge in [-0.3, -0.25) is 4.68 Å². The molecule has 1 saturated carbocycles. The Hall–Kier alpha value is -1.98. The van der Waals surface area contributed by atoms with Gasteiger partial charge in [-0.2, -0.15) is 10.4 Å². The second-order valence-corrected chi connectivity index (χ2v) is 8.91. The molecule has 1 fully saturated rings. The Kier molecular flexibility index (Phi) is 7.47. The topological polar surface area (TPSA) is 112 Å². The van der Waals surface area contributed by atoms with Crippen LogP contribution < -0.4 is 5.73 Å². The van der Waals surface area contributed by atoms with Crippen molar-refractivity contribution < 1.29 is 9.47 Å². The molecular weight excluding hydrogens is 431 g/mol. The fourth-order valence-corrected chi connectivity index (χ4v) is 4.67. The first kappa shape index (κ1) is 27.6. The van der Waals surface area contributed by atoms with E-state index >= 15 is 0 Å². The Morgan fingerprint density at radius 3 is 2.14 bits per heavy atom. The molecule has 8 nitrogen and oxygen atoms in total. The van der Waals surface area contributed by atoms with Crippen molar-refractivity contribution >= 4 is 68.6 Å². The molecule has 0 aromatic carbocycles. The molecule has 0 amide bonds. The van der Waals surface area contributed by atoms with E-state index < -0.39 is 39.1 Å². The van der Waals surface area contributed by atoms with Crippen LogP contribution in [0.2, 0.25) is 20.9 Å². The molecule has 16 radical (unpaired) electrons. The summed E-state index contributed by atoms with van der Waals surface area (Å²) in [5.74, 6) is -0.933. The normalized spacial score (nSPS) is 21.0. The maximum Gasteiger partial charge on any atom is 0.161 e. The maximum absolute atomic E-state index is 9.57. The Bertz CT molecular complexity index is 1090. The van der Waals surface area contributed by atoms with Gasteiger partial charge in [-0.05, 0) is 5.92 Å². The zero-order valence-electron chi connectivity index (χ0n) is 19.6. The number of methoxy groups -OCH3 is 2. The average Bonchev–Trinajstić information content (AvgIpc) is 3.28. The lowest BCUT2D eigenvalue weighted by Crippen LogP contribution is -2.39. The van der Waals surface area contributed by atoms with E-state index in [9.17, 15) is 5.26 Å². The summed E-state index contributed by atoms with van der Waals surface area (Å²) in [6, 6.07) is 1.15. The first-order valence-electron chi connectivity index (χ1n) is 10.6. The van der Waals surface area contributed by atoms with Crippen molar-refractivity contribution in [2.45, 2.75) is 46.0 Å². The summed E-state index contributed by atoms with van der Waals surface area (Å²) >= 11 is 0. The number of rotatable bonds is 8. The molecule has 2 N–H and O–H groups in total. The minimum atomic E-state index is -2.10. The van der Waals surface area contributed by atoms with E-state index in [-0.39, 0.29) is 18.7 Å². The van der Waals surface area contributed by atoms with E-state index in [0.29, 0.717) is 16.8 Å². The number of nitriles is 1. The Balaban J connectivity index is 2.10. The largest absolute Gasteiger partial charge is 0.383 e. The van der Waals surface area contributed by atoms with Crippen LogP contribution in [0.3, 0.4) is 0 Å². The SMILES string of the molecule is [B]C1([B])C([C@@H](CC#N)n2cc(-c3ncnc(N)c3CC(OC)OC)cn2)C([B])([B])C([B])([B])C1([B])[B]. The first-order valence-corrected chi connectivity index (χ1v) is 10.6. The molecular formula is C19H18B8N6O2. The van der Waals surface area contributed by atoms with Crippen molar-refractivity contribution in [2.75, 3.05) is 20.0 Å². The van der Waals surface area contributed by atoms with Gasteiger partial charge in [-0.25, -0.2) is 9.97 Å². The smallest absolute Gasteiger partial charge is 0.161 e. The van der Waals surface area contributed by atoms with Gasteiger partial charge in [0.25, 0.3) is 0 Å². The fourth-order valence-electron chi connectivity index (χ4n) is 4.67. The van der Waals surface area contributed by atoms with Crippen LogP contribution in [0.15, 0.2) is 18.7 Å². The van der Waals surface area contributed by atoms with Crippen molar-refractivity contribution in [1.82, 2.24) is 19.7 Å². The quantitative estimate of drug-likeness (QED) is 0.406. The number of ether oxygens (including phenoxy) is 2. The number of hydrogen-bond acceptors (Lipinski definition) is 7. The predicted molar refractivity (Wildman–Crippen MR) is 139 cm³/mol. The third-order valence-corrected chi connectivity index (χ3v) is 6.92. The highest BCUT2D eigenvalue weighted by Crippen LogP contribution is 2.80. The van der Waals surface area contributed by atoms with Gasteiger partial charge < -0.3 is 15.2 Å². The molecule has 0 aliphatic heterocycles. The van der Waals surface area contributed by atoms with Gasteiger partial charge in [0.2, 0.25) is 0 Å². The summed E-state index contributed by atoms with van der Waals surface area (Å²) in [6.45, 7) is 0. The second kappa shape index (κ2) is 9.48.